The van der Waals surface area contributed by atoms with Gasteiger partial charge in [0.05, 0.1) is 24.2 Å². The van der Waals surface area contributed by atoms with Gasteiger partial charge in [0.15, 0.2) is 5.13 Å². The molecule has 2 aromatic rings. The van der Waals surface area contributed by atoms with E-state index in [1.54, 1.807) is 5.38 Å². The van der Waals surface area contributed by atoms with Crippen LogP contribution in [0.15, 0.2) is 5.38 Å². The first kappa shape index (κ1) is 18.1. The highest BCUT2D eigenvalue weighted by Crippen LogP contribution is 2.18. The maximum absolute atomic E-state index is 12.3. The van der Waals surface area contributed by atoms with Crippen LogP contribution in [0.4, 0.5) is 5.13 Å². The van der Waals surface area contributed by atoms with Gasteiger partial charge in [-0.05, 0) is 19.8 Å². The summed E-state index contributed by atoms with van der Waals surface area (Å²) in [6.07, 6.45) is 0.326. The number of aromatic nitrogens is 3. The first-order chi connectivity index (χ1) is 11.3. The Morgan fingerprint density at radius 3 is 2.67 bits per heavy atom. The summed E-state index contributed by atoms with van der Waals surface area (Å²) in [4.78, 5) is 27.3. The molecule has 24 heavy (non-hydrogen) atoms. The number of carbonyl (C=O) groups is 2. The maximum atomic E-state index is 12.3. The summed E-state index contributed by atoms with van der Waals surface area (Å²) in [5.41, 5.74) is 8.54. The molecule has 0 radical (unpaired) electrons. The number of amides is 2. The third-order valence-corrected chi connectivity index (χ3v) is 4.37. The minimum atomic E-state index is -0.443. The lowest BCUT2D eigenvalue weighted by atomic mass is 10.1. The van der Waals surface area contributed by atoms with Crippen LogP contribution in [0.1, 0.15) is 36.5 Å². The van der Waals surface area contributed by atoms with E-state index in [2.05, 4.69) is 29.2 Å². The molecule has 8 heteroatoms. The van der Waals surface area contributed by atoms with E-state index >= 15 is 0 Å². The van der Waals surface area contributed by atoms with Gasteiger partial charge >= 0.3 is 0 Å². The largest absolute Gasteiger partial charge is 0.369 e. The van der Waals surface area contributed by atoms with E-state index in [1.807, 2.05) is 18.5 Å². The van der Waals surface area contributed by atoms with Gasteiger partial charge in [-0.1, -0.05) is 13.8 Å². The fourth-order valence-electron chi connectivity index (χ4n) is 2.46. The second-order valence-corrected chi connectivity index (χ2v) is 7.10. The molecule has 7 nitrogen and oxygen atoms in total. The van der Waals surface area contributed by atoms with Gasteiger partial charge in [0, 0.05) is 23.2 Å². The summed E-state index contributed by atoms with van der Waals surface area (Å²) in [7, 11) is 0. The van der Waals surface area contributed by atoms with Gasteiger partial charge < -0.3 is 11.1 Å². The topological polar surface area (TPSA) is 103 Å². The number of hydrogen-bond acceptors (Lipinski definition) is 5. The molecular weight excluding hydrogens is 326 g/mol. The van der Waals surface area contributed by atoms with E-state index in [9.17, 15) is 9.59 Å². The molecule has 0 aliphatic carbocycles. The molecule has 130 valence electrons. The first-order valence-corrected chi connectivity index (χ1v) is 8.69. The number of nitrogens with two attached hydrogens (primary N) is 1. The van der Waals surface area contributed by atoms with E-state index in [1.165, 1.54) is 11.3 Å². The van der Waals surface area contributed by atoms with Crippen LogP contribution >= 0.6 is 11.3 Å². The fraction of sp³-hybridized carbons (Fsp3) is 0.500. The molecule has 2 aromatic heterocycles. The second-order valence-electron chi connectivity index (χ2n) is 6.24. The molecule has 0 saturated heterocycles. The normalized spacial score (nSPS) is 11.0. The molecule has 0 bridgehead atoms. The van der Waals surface area contributed by atoms with E-state index in [-0.39, 0.29) is 18.7 Å². The average molecular weight is 349 g/mol. The summed E-state index contributed by atoms with van der Waals surface area (Å²) in [6.45, 7) is 9.00. The minimum absolute atomic E-state index is 0.0760. The zero-order valence-electron chi connectivity index (χ0n) is 14.4. The average Bonchev–Trinajstić information content (AvgIpc) is 2.97. The molecule has 0 spiro atoms. The molecule has 0 saturated carbocycles. The van der Waals surface area contributed by atoms with Crippen molar-refractivity contribution in [1.82, 2.24) is 14.8 Å². The van der Waals surface area contributed by atoms with Gasteiger partial charge in [-0.25, -0.2) is 4.98 Å². The van der Waals surface area contributed by atoms with Crippen molar-refractivity contribution in [3.8, 4) is 0 Å². The highest BCUT2D eigenvalue weighted by Gasteiger charge is 2.16. The number of aryl methyl sites for hydroxylation is 1. The lowest BCUT2D eigenvalue weighted by molar-refractivity contribution is -0.117. The predicted octanol–water partition coefficient (Wildman–Crippen LogP) is 1.82. The molecule has 0 fully saturated rings. The van der Waals surface area contributed by atoms with Crippen molar-refractivity contribution >= 4 is 28.3 Å². The fourth-order valence-corrected chi connectivity index (χ4v) is 3.19. The summed E-state index contributed by atoms with van der Waals surface area (Å²) in [5.74, 6) is -0.101. The molecule has 2 rings (SSSR count). The third-order valence-electron chi connectivity index (χ3n) is 3.56. The molecule has 2 heterocycles. The van der Waals surface area contributed by atoms with Crippen LogP contribution < -0.4 is 11.1 Å². The van der Waals surface area contributed by atoms with Crippen LogP contribution in [-0.4, -0.2) is 26.6 Å². The minimum Gasteiger partial charge on any atom is -0.369 e. The first-order valence-electron chi connectivity index (χ1n) is 7.81. The van der Waals surface area contributed by atoms with E-state index < -0.39 is 5.91 Å². The van der Waals surface area contributed by atoms with Crippen LogP contribution in [0.2, 0.25) is 0 Å². The Morgan fingerprint density at radius 1 is 1.33 bits per heavy atom. The van der Waals surface area contributed by atoms with E-state index in [0.29, 0.717) is 16.7 Å². The zero-order chi connectivity index (χ0) is 17.9. The zero-order valence-corrected chi connectivity index (χ0v) is 15.2. The molecule has 0 atom stereocenters. The number of hydrogen-bond donors (Lipinski definition) is 2. The molecule has 0 aliphatic rings. The van der Waals surface area contributed by atoms with Crippen molar-refractivity contribution in [2.24, 2.45) is 11.7 Å². The van der Waals surface area contributed by atoms with Crippen molar-refractivity contribution in [1.29, 1.82) is 0 Å². The van der Waals surface area contributed by atoms with Gasteiger partial charge in [-0.3, -0.25) is 14.3 Å². The van der Waals surface area contributed by atoms with Crippen molar-refractivity contribution in [3.63, 3.8) is 0 Å². The van der Waals surface area contributed by atoms with Gasteiger partial charge in [0.1, 0.15) is 0 Å². The molecular formula is C16H23N5O2S. The SMILES string of the molecule is Cc1nn(CC(C)C)c(C)c1CC(=O)Nc1nc(CC(N)=O)cs1. The Morgan fingerprint density at radius 2 is 2.04 bits per heavy atom. The highest BCUT2D eigenvalue weighted by atomic mass is 32.1. The predicted molar refractivity (Wildman–Crippen MR) is 93.9 cm³/mol. The van der Waals surface area contributed by atoms with Crippen LogP contribution in [0.25, 0.3) is 0 Å². The summed E-state index contributed by atoms with van der Waals surface area (Å²) >= 11 is 1.28. The smallest absolute Gasteiger partial charge is 0.230 e. The van der Waals surface area contributed by atoms with Crippen LogP contribution in [-0.2, 0) is 29.0 Å². The van der Waals surface area contributed by atoms with E-state index in [4.69, 9.17) is 5.73 Å². The van der Waals surface area contributed by atoms with Crippen molar-refractivity contribution < 1.29 is 9.59 Å². The highest BCUT2D eigenvalue weighted by molar-refractivity contribution is 7.13. The van der Waals surface area contributed by atoms with Gasteiger partial charge in [-0.2, -0.15) is 5.10 Å². The molecule has 0 aromatic carbocycles. The van der Waals surface area contributed by atoms with Gasteiger partial charge in [0.25, 0.3) is 0 Å². The number of primary amides is 1. The van der Waals surface area contributed by atoms with Crippen LogP contribution in [0, 0.1) is 19.8 Å². The van der Waals surface area contributed by atoms with E-state index in [0.717, 1.165) is 23.5 Å². The number of anilines is 1. The van der Waals surface area contributed by atoms with Crippen LogP contribution in [0.5, 0.6) is 0 Å². The number of nitrogens with zero attached hydrogens (tertiary/aromatic N) is 3. The number of nitrogens with one attached hydrogen (secondary N) is 1. The van der Waals surface area contributed by atoms with Crippen molar-refractivity contribution in [2.75, 3.05) is 5.32 Å². The Kier molecular flexibility index (Phi) is 5.71. The molecule has 3 N–H and O–H groups in total. The second kappa shape index (κ2) is 7.57. The van der Waals surface area contributed by atoms with Crippen molar-refractivity contribution in [3.05, 3.63) is 28.0 Å². The monoisotopic (exact) mass is 349 g/mol. The number of rotatable bonds is 7. The van der Waals surface area contributed by atoms with Crippen molar-refractivity contribution in [2.45, 2.75) is 47.1 Å². The Labute approximate surface area is 145 Å². The maximum Gasteiger partial charge on any atom is 0.230 e. The lowest BCUT2D eigenvalue weighted by Gasteiger charge is -2.08. The summed E-state index contributed by atoms with van der Waals surface area (Å²) in [6, 6.07) is 0. The Hall–Kier alpha value is -2.22. The van der Waals surface area contributed by atoms with Crippen LogP contribution in [0.3, 0.4) is 0 Å². The quantitative estimate of drug-likeness (QED) is 0.796. The summed E-state index contributed by atoms with van der Waals surface area (Å²) < 4.78 is 1.96. The van der Waals surface area contributed by atoms with Gasteiger partial charge in [0.2, 0.25) is 11.8 Å². The lowest BCUT2D eigenvalue weighted by Crippen LogP contribution is -2.16. The third kappa shape index (κ3) is 4.64. The van der Waals surface area contributed by atoms with Gasteiger partial charge in [-0.15, -0.1) is 11.3 Å². The molecule has 2 amide bonds. The molecule has 0 unspecified atom stereocenters. The number of thiazole rings is 1. The standard InChI is InChI=1S/C16H23N5O2S/c1-9(2)7-21-11(4)13(10(3)20-21)6-15(23)19-16-18-12(8-24-16)5-14(17)22/h8-9H,5-7H2,1-4H3,(H2,17,22)(H,18,19,23). The Balaban J connectivity index is 2.03. The Bertz CT molecular complexity index is 748. The summed E-state index contributed by atoms with van der Waals surface area (Å²) in [5, 5.41) is 9.48. The number of carbonyl (C=O) groups excluding carboxylic acids is 2. The molecule has 0 aliphatic heterocycles.